The van der Waals surface area contributed by atoms with Gasteiger partial charge in [-0.3, -0.25) is 0 Å². The molecule has 1 aromatic carbocycles. The third kappa shape index (κ3) is 3.52. The van der Waals surface area contributed by atoms with Crippen LogP contribution in [0.5, 0.6) is 5.75 Å². The van der Waals surface area contributed by atoms with Crippen LogP contribution in [-0.4, -0.2) is 16.2 Å². The third-order valence-corrected chi connectivity index (χ3v) is 2.34. The van der Waals surface area contributed by atoms with E-state index in [1.54, 1.807) is 12.1 Å². The summed E-state index contributed by atoms with van der Waals surface area (Å²) in [6.45, 7) is 3.33. The molecular formula is C13H16O4. The molecule has 0 bridgehead atoms. The van der Waals surface area contributed by atoms with E-state index in [2.05, 4.69) is 0 Å². The van der Waals surface area contributed by atoms with Crippen LogP contribution in [0.1, 0.15) is 25.8 Å². The first-order chi connectivity index (χ1) is 8.06. The van der Waals surface area contributed by atoms with Gasteiger partial charge in [-0.15, -0.1) is 0 Å². The number of aryl methyl sites for hydroxylation is 1. The van der Waals surface area contributed by atoms with E-state index in [9.17, 15) is 9.90 Å². The van der Waals surface area contributed by atoms with Gasteiger partial charge in [0, 0.05) is 0 Å². The van der Waals surface area contributed by atoms with Crippen molar-refractivity contribution in [3.05, 3.63) is 41.3 Å². The van der Waals surface area contributed by atoms with Crippen LogP contribution in [0.2, 0.25) is 0 Å². The number of rotatable bonds is 5. The van der Waals surface area contributed by atoms with Crippen LogP contribution in [0.15, 0.2) is 35.8 Å². The van der Waals surface area contributed by atoms with Gasteiger partial charge in [-0.2, -0.15) is 0 Å². The van der Waals surface area contributed by atoms with Crippen molar-refractivity contribution in [1.82, 2.24) is 0 Å². The highest BCUT2D eigenvalue weighted by Gasteiger charge is 2.12. The maximum Gasteiger partial charge on any atom is 0.338 e. The number of hydrogen-bond donors (Lipinski definition) is 2. The first kappa shape index (κ1) is 13.1. The van der Waals surface area contributed by atoms with Crippen LogP contribution in [-0.2, 0) is 11.2 Å². The summed E-state index contributed by atoms with van der Waals surface area (Å²) in [7, 11) is 0. The number of para-hydroxylation sites is 1. The molecule has 0 amide bonds. The maximum absolute atomic E-state index is 10.6. The summed E-state index contributed by atoms with van der Waals surface area (Å²) in [5, 5.41) is 18.2. The van der Waals surface area contributed by atoms with Crippen LogP contribution < -0.4 is 4.74 Å². The first-order valence-electron chi connectivity index (χ1n) is 5.45. The molecule has 0 atom stereocenters. The molecule has 4 nitrogen and oxygen atoms in total. The van der Waals surface area contributed by atoms with E-state index in [0.717, 1.165) is 18.4 Å². The fourth-order valence-electron chi connectivity index (χ4n) is 1.35. The monoisotopic (exact) mass is 236 g/mol. The lowest BCUT2D eigenvalue weighted by molar-refractivity contribution is -0.133. The molecule has 92 valence electrons. The lowest BCUT2D eigenvalue weighted by Crippen LogP contribution is -2.06. The average Bonchev–Trinajstić information content (AvgIpc) is 2.30. The number of aliphatic hydroxyl groups is 1. The molecule has 17 heavy (non-hydrogen) atoms. The molecule has 0 saturated carbocycles. The Kier molecular flexibility index (Phi) is 4.57. The van der Waals surface area contributed by atoms with Crippen molar-refractivity contribution < 1.29 is 19.7 Å². The van der Waals surface area contributed by atoms with E-state index in [1.807, 2.05) is 19.1 Å². The largest absolute Gasteiger partial charge is 0.480 e. The van der Waals surface area contributed by atoms with Crippen molar-refractivity contribution >= 4 is 5.97 Å². The Morgan fingerprint density at radius 2 is 1.94 bits per heavy atom. The van der Waals surface area contributed by atoms with E-state index in [-0.39, 0.29) is 5.57 Å². The van der Waals surface area contributed by atoms with Gasteiger partial charge < -0.3 is 14.9 Å². The minimum atomic E-state index is -1.20. The fraction of sp³-hybridized carbons (Fsp3) is 0.308. The van der Waals surface area contributed by atoms with Crippen molar-refractivity contribution in [3.63, 3.8) is 0 Å². The van der Waals surface area contributed by atoms with Gasteiger partial charge in [-0.25, -0.2) is 4.79 Å². The van der Waals surface area contributed by atoms with Gasteiger partial charge in [0.25, 0.3) is 5.95 Å². The summed E-state index contributed by atoms with van der Waals surface area (Å²) in [5.74, 6) is -1.27. The summed E-state index contributed by atoms with van der Waals surface area (Å²) < 4.78 is 5.18. The highest BCUT2D eigenvalue weighted by molar-refractivity contribution is 5.86. The number of benzene rings is 1. The summed E-state index contributed by atoms with van der Waals surface area (Å²) in [6, 6.07) is 7.25. The van der Waals surface area contributed by atoms with E-state index < -0.39 is 11.9 Å². The standard InChI is InChI=1S/C13H16O4/c1-3-6-10-7-4-5-8-11(10)17-13(16)9(2)12(14)15/h4-5,7-8,16H,3,6H2,1-2H3,(H,14,15). The molecule has 0 aliphatic heterocycles. The number of carbonyl (C=O) groups is 1. The van der Waals surface area contributed by atoms with E-state index in [1.165, 1.54) is 6.92 Å². The van der Waals surface area contributed by atoms with Crippen LogP contribution in [0.3, 0.4) is 0 Å². The molecule has 0 aliphatic rings. The van der Waals surface area contributed by atoms with Crippen molar-refractivity contribution in [1.29, 1.82) is 0 Å². The number of carboxylic acid groups (broad SMARTS) is 1. The molecule has 0 aliphatic carbocycles. The molecule has 0 saturated heterocycles. The van der Waals surface area contributed by atoms with E-state index in [4.69, 9.17) is 9.84 Å². The predicted octanol–water partition coefficient (Wildman–Crippen LogP) is 2.89. The number of hydrogen-bond acceptors (Lipinski definition) is 3. The lowest BCUT2D eigenvalue weighted by Gasteiger charge is -2.10. The summed E-state index contributed by atoms with van der Waals surface area (Å²) in [6.07, 6.45) is 1.76. The molecular weight excluding hydrogens is 220 g/mol. The number of aliphatic carboxylic acids is 1. The highest BCUT2D eigenvalue weighted by Crippen LogP contribution is 2.22. The third-order valence-electron chi connectivity index (χ3n) is 2.34. The molecule has 0 heterocycles. The van der Waals surface area contributed by atoms with Crippen LogP contribution in [0.4, 0.5) is 0 Å². The summed E-state index contributed by atoms with van der Waals surface area (Å²) >= 11 is 0. The van der Waals surface area contributed by atoms with Crippen molar-refractivity contribution in [2.45, 2.75) is 26.7 Å². The van der Waals surface area contributed by atoms with Crippen LogP contribution in [0.25, 0.3) is 0 Å². The summed E-state index contributed by atoms with van der Waals surface area (Å²) in [5.41, 5.74) is 0.732. The highest BCUT2D eigenvalue weighted by atomic mass is 16.6. The zero-order chi connectivity index (χ0) is 12.8. The molecule has 0 radical (unpaired) electrons. The molecule has 1 aromatic rings. The Balaban J connectivity index is 2.95. The Morgan fingerprint density at radius 3 is 2.53 bits per heavy atom. The molecule has 0 unspecified atom stereocenters. The van der Waals surface area contributed by atoms with Gasteiger partial charge in [-0.05, 0) is 25.0 Å². The van der Waals surface area contributed by atoms with Crippen molar-refractivity contribution in [2.24, 2.45) is 0 Å². The van der Waals surface area contributed by atoms with Crippen LogP contribution in [0, 0.1) is 0 Å². The second-order valence-corrected chi connectivity index (χ2v) is 3.70. The number of ether oxygens (including phenoxy) is 1. The van der Waals surface area contributed by atoms with Gasteiger partial charge in [0.15, 0.2) is 0 Å². The van der Waals surface area contributed by atoms with Crippen molar-refractivity contribution in [3.8, 4) is 5.75 Å². The SMILES string of the molecule is CCCc1ccccc1OC(O)=C(C)C(=O)O. The normalized spacial score (nSPS) is 11.9. The minimum absolute atomic E-state index is 0.212. The Labute approximate surface area is 100 Å². The van der Waals surface area contributed by atoms with Crippen molar-refractivity contribution in [2.75, 3.05) is 0 Å². The molecule has 2 N–H and O–H groups in total. The Hall–Kier alpha value is -1.97. The van der Waals surface area contributed by atoms with Crippen LogP contribution >= 0.6 is 0 Å². The smallest absolute Gasteiger partial charge is 0.338 e. The molecule has 0 fully saturated rings. The number of aliphatic hydroxyl groups excluding tert-OH is 1. The van der Waals surface area contributed by atoms with E-state index >= 15 is 0 Å². The first-order valence-corrected chi connectivity index (χ1v) is 5.45. The fourth-order valence-corrected chi connectivity index (χ4v) is 1.35. The average molecular weight is 236 g/mol. The van der Waals surface area contributed by atoms with Gasteiger partial charge >= 0.3 is 5.97 Å². The lowest BCUT2D eigenvalue weighted by atomic mass is 10.1. The minimum Gasteiger partial charge on any atom is -0.480 e. The van der Waals surface area contributed by atoms with Gasteiger partial charge in [0.1, 0.15) is 11.3 Å². The van der Waals surface area contributed by atoms with Gasteiger partial charge in [0.2, 0.25) is 0 Å². The molecule has 1 rings (SSSR count). The Bertz CT molecular complexity index is 435. The predicted molar refractivity (Wildman–Crippen MR) is 64.0 cm³/mol. The Morgan fingerprint density at radius 1 is 1.29 bits per heavy atom. The maximum atomic E-state index is 10.6. The number of carboxylic acids is 1. The van der Waals surface area contributed by atoms with Gasteiger partial charge in [-0.1, -0.05) is 31.5 Å². The van der Waals surface area contributed by atoms with E-state index in [0.29, 0.717) is 5.75 Å². The molecule has 0 aromatic heterocycles. The second kappa shape index (κ2) is 5.94. The zero-order valence-electron chi connectivity index (χ0n) is 9.93. The summed E-state index contributed by atoms with van der Waals surface area (Å²) in [4.78, 5) is 10.6. The van der Waals surface area contributed by atoms with Gasteiger partial charge in [0.05, 0.1) is 0 Å². The second-order valence-electron chi connectivity index (χ2n) is 3.70. The zero-order valence-corrected chi connectivity index (χ0v) is 9.93. The quantitative estimate of drug-likeness (QED) is 0.609. The topological polar surface area (TPSA) is 66.8 Å². The molecule has 4 heteroatoms. The molecule has 0 spiro atoms.